The number of carboxylic acid groups (broad SMARTS) is 1. The van der Waals surface area contributed by atoms with Crippen LogP contribution in [-0.4, -0.2) is 25.8 Å². The second-order valence-electron chi connectivity index (χ2n) is 3.55. The molecule has 1 aromatic carbocycles. The van der Waals surface area contributed by atoms with E-state index in [2.05, 4.69) is 10.1 Å². The zero-order chi connectivity index (χ0) is 13.3. The summed E-state index contributed by atoms with van der Waals surface area (Å²) < 4.78 is 1.43. The van der Waals surface area contributed by atoms with E-state index >= 15 is 0 Å². The molecule has 0 aliphatic carbocycles. The first kappa shape index (κ1) is 12.9. The highest BCUT2D eigenvalue weighted by Gasteiger charge is 2.15. The molecule has 1 aromatic heterocycles. The van der Waals surface area contributed by atoms with Gasteiger partial charge in [0.25, 0.3) is 5.82 Å². The molecule has 1 heterocycles. The van der Waals surface area contributed by atoms with Gasteiger partial charge in [-0.15, -0.1) is 5.10 Å². The molecular weight excluding hydrogens is 277 g/mol. The zero-order valence-electron chi connectivity index (χ0n) is 9.39. The molecule has 0 radical (unpaired) electrons. The van der Waals surface area contributed by atoms with Crippen LogP contribution in [0, 0.1) is 0 Å². The number of hydrogen-bond donors (Lipinski definition) is 1. The first-order valence-electron chi connectivity index (χ1n) is 5.17. The minimum absolute atomic E-state index is 0.247. The Hall–Kier alpha value is -1.59. The number of rotatable bonds is 3. The molecule has 2 aromatic rings. The summed E-state index contributed by atoms with van der Waals surface area (Å²) >= 11 is 11.8. The van der Waals surface area contributed by atoms with Crippen molar-refractivity contribution < 1.29 is 9.90 Å². The Bertz CT molecular complexity index is 590. The Kier molecular flexibility index (Phi) is 3.54. The van der Waals surface area contributed by atoms with E-state index in [0.29, 0.717) is 28.0 Å². The number of carbonyl (C=O) groups is 1. The SMILES string of the molecule is CCc1nc(C(=O)O)nn1-c1cc(Cl)cc(Cl)c1. The smallest absolute Gasteiger partial charge is 0.375 e. The van der Waals surface area contributed by atoms with Gasteiger partial charge in [0.15, 0.2) is 0 Å². The summed E-state index contributed by atoms with van der Waals surface area (Å²) in [5.41, 5.74) is 0.587. The van der Waals surface area contributed by atoms with E-state index in [1.165, 1.54) is 4.68 Å². The summed E-state index contributed by atoms with van der Waals surface area (Å²) in [6, 6.07) is 4.88. The number of aromatic nitrogens is 3. The van der Waals surface area contributed by atoms with Gasteiger partial charge in [-0.1, -0.05) is 30.1 Å². The van der Waals surface area contributed by atoms with Crippen molar-refractivity contribution in [1.82, 2.24) is 14.8 Å². The fourth-order valence-electron chi connectivity index (χ4n) is 1.53. The van der Waals surface area contributed by atoms with Gasteiger partial charge in [0.05, 0.1) is 5.69 Å². The summed E-state index contributed by atoms with van der Waals surface area (Å²) in [7, 11) is 0. The number of carboxylic acids is 1. The van der Waals surface area contributed by atoms with Crippen LogP contribution in [-0.2, 0) is 6.42 Å². The van der Waals surface area contributed by atoms with Crippen LogP contribution in [0.15, 0.2) is 18.2 Å². The molecule has 2 rings (SSSR count). The standard InChI is InChI=1S/C11H9Cl2N3O2/c1-2-9-14-10(11(17)18)15-16(9)8-4-6(12)3-7(13)5-8/h3-5H,2H2,1H3,(H,17,18). The van der Waals surface area contributed by atoms with E-state index in [1.807, 2.05) is 6.92 Å². The van der Waals surface area contributed by atoms with Gasteiger partial charge in [0.1, 0.15) is 5.82 Å². The Balaban J connectivity index is 2.58. The van der Waals surface area contributed by atoms with E-state index in [1.54, 1.807) is 18.2 Å². The first-order valence-corrected chi connectivity index (χ1v) is 5.92. The van der Waals surface area contributed by atoms with Crippen LogP contribution in [0.25, 0.3) is 5.69 Å². The monoisotopic (exact) mass is 285 g/mol. The minimum atomic E-state index is -1.17. The Morgan fingerprint density at radius 1 is 1.33 bits per heavy atom. The highest BCUT2D eigenvalue weighted by Crippen LogP contribution is 2.22. The largest absolute Gasteiger partial charge is 0.475 e. The van der Waals surface area contributed by atoms with Gasteiger partial charge in [-0.2, -0.15) is 0 Å². The lowest BCUT2D eigenvalue weighted by Crippen LogP contribution is -2.03. The van der Waals surface area contributed by atoms with E-state index in [4.69, 9.17) is 28.3 Å². The summed E-state index contributed by atoms with van der Waals surface area (Å²) in [6.45, 7) is 1.86. The highest BCUT2D eigenvalue weighted by atomic mass is 35.5. The van der Waals surface area contributed by atoms with Crippen LogP contribution in [0.4, 0.5) is 0 Å². The lowest BCUT2D eigenvalue weighted by Gasteiger charge is -2.05. The van der Waals surface area contributed by atoms with Crippen LogP contribution in [0.3, 0.4) is 0 Å². The molecule has 7 heteroatoms. The molecule has 0 saturated heterocycles. The number of halogens is 2. The van der Waals surface area contributed by atoms with Gasteiger partial charge in [0, 0.05) is 16.5 Å². The number of nitrogens with zero attached hydrogens (tertiary/aromatic N) is 3. The highest BCUT2D eigenvalue weighted by molar-refractivity contribution is 6.34. The molecule has 1 N–H and O–H groups in total. The van der Waals surface area contributed by atoms with Crippen LogP contribution >= 0.6 is 23.2 Å². The quantitative estimate of drug-likeness (QED) is 0.942. The normalized spacial score (nSPS) is 10.6. The van der Waals surface area contributed by atoms with Crippen molar-refractivity contribution >= 4 is 29.2 Å². The maximum absolute atomic E-state index is 10.9. The molecule has 5 nitrogen and oxygen atoms in total. The Morgan fingerprint density at radius 3 is 2.44 bits per heavy atom. The predicted octanol–water partition coefficient (Wildman–Crippen LogP) is 2.83. The zero-order valence-corrected chi connectivity index (χ0v) is 10.9. The minimum Gasteiger partial charge on any atom is -0.475 e. The molecule has 0 fully saturated rings. The van der Waals surface area contributed by atoms with Crippen LogP contribution in [0.1, 0.15) is 23.4 Å². The van der Waals surface area contributed by atoms with Gasteiger partial charge in [-0.05, 0) is 18.2 Å². The second-order valence-corrected chi connectivity index (χ2v) is 4.42. The number of hydrogen-bond acceptors (Lipinski definition) is 3. The molecular formula is C11H9Cl2N3O2. The predicted molar refractivity (Wildman–Crippen MR) is 67.7 cm³/mol. The lowest BCUT2D eigenvalue weighted by molar-refractivity contribution is 0.0683. The maximum atomic E-state index is 10.9. The van der Waals surface area contributed by atoms with Gasteiger partial charge in [-0.25, -0.2) is 14.5 Å². The molecule has 0 atom stereocenters. The number of benzene rings is 1. The van der Waals surface area contributed by atoms with Crippen molar-refractivity contribution in [1.29, 1.82) is 0 Å². The second kappa shape index (κ2) is 4.96. The van der Waals surface area contributed by atoms with E-state index < -0.39 is 5.97 Å². The van der Waals surface area contributed by atoms with Gasteiger partial charge in [-0.3, -0.25) is 0 Å². The van der Waals surface area contributed by atoms with Crippen LogP contribution in [0.2, 0.25) is 10.0 Å². The maximum Gasteiger partial charge on any atom is 0.375 e. The fourth-order valence-corrected chi connectivity index (χ4v) is 2.05. The topological polar surface area (TPSA) is 68.0 Å². The molecule has 0 saturated carbocycles. The third-order valence-electron chi connectivity index (χ3n) is 2.27. The van der Waals surface area contributed by atoms with Crippen molar-refractivity contribution in [3.05, 3.63) is 39.9 Å². The van der Waals surface area contributed by atoms with Crippen molar-refractivity contribution in [2.24, 2.45) is 0 Å². The molecule has 0 unspecified atom stereocenters. The van der Waals surface area contributed by atoms with Gasteiger partial charge in [0.2, 0.25) is 0 Å². The van der Waals surface area contributed by atoms with E-state index in [0.717, 1.165) is 0 Å². The summed E-state index contributed by atoms with van der Waals surface area (Å²) in [5, 5.41) is 13.7. The third-order valence-corrected chi connectivity index (χ3v) is 2.71. The average molecular weight is 286 g/mol. The van der Waals surface area contributed by atoms with Crippen LogP contribution in [0.5, 0.6) is 0 Å². The Morgan fingerprint density at radius 2 is 1.94 bits per heavy atom. The average Bonchev–Trinajstić information content (AvgIpc) is 2.71. The molecule has 94 valence electrons. The van der Waals surface area contributed by atoms with Crippen LogP contribution < -0.4 is 0 Å². The van der Waals surface area contributed by atoms with Gasteiger partial charge >= 0.3 is 5.97 Å². The molecule has 0 bridgehead atoms. The third kappa shape index (κ3) is 2.47. The van der Waals surface area contributed by atoms with Crippen molar-refractivity contribution in [3.63, 3.8) is 0 Å². The van der Waals surface area contributed by atoms with Crippen molar-refractivity contribution in [2.45, 2.75) is 13.3 Å². The lowest BCUT2D eigenvalue weighted by atomic mass is 10.3. The van der Waals surface area contributed by atoms with Crippen molar-refractivity contribution in [2.75, 3.05) is 0 Å². The molecule has 0 spiro atoms. The molecule has 0 amide bonds. The molecule has 18 heavy (non-hydrogen) atoms. The molecule has 0 aliphatic heterocycles. The Labute approximate surface area is 113 Å². The van der Waals surface area contributed by atoms with E-state index in [9.17, 15) is 4.79 Å². The summed E-state index contributed by atoms with van der Waals surface area (Å²) in [6.07, 6.45) is 0.546. The first-order chi connectivity index (χ1) is 8.51. The van der Waals surface area contributed by atoms with E-state index in [-0.39, 0.29) is 5.82 Å². The summed E-state index contributed by atoms with van der Waals surface area (Å²) in [5.74, 6) is -0.884. The van der Waals surface area contributed by atoms with Crippen molar-refractivity contribution in [3.8, 4) is 5.69 Å². The number of aromatic carboxylic acids is 1. The molecule has 0 aliphatic rings. The summed E-state index contributed by atoms with van der Waals surface area (Å²) in [4.78, 5) is 14.8. The number of aryl methyl sites for hydroxylation is 1. The van der Waals surface area contributed by atoms with Gasteiger partial charge < -0.3 is 5.11 Å². The fraction of sp³-hybridized carbons (Fsp3) is 0.182.